The van der Waals surface area contributed by atoms with E-state index in [0.29, 0.717) is 25.5 Å². The Kier molecular flexibility index (Phi) is 5.37. The first kappa shape index (κ1) is 22.1. The summed E-state index contributed by atoms with van der Waals surface area (Å²) < 4.78 is 8.54. The zero-order valence-corrected chi connectivity index (χ0v) is 20.6. The Balaban J connectivity index is 1.42. The topological polar surface area (TPSA) is 63.5 Å². The summed E-state index contributed by atoms with van der Waals surface area (Å²) in [5, 5.41) is 15.2. The summed E-state index contributed by atoms with van der Waals surface area (Å²) in [7, 11) is 0. The molecule has 0 spiro atoms. The van der Waals surface area contributed by atoms with Gasteiger partial charge in [-0.3, -0.25) is 4.79 Å². The maximum absolute atomic E-state index is 13.2. The van der Waals surface area contributed by atoms with Crippen LogP contribution in [0.2, 0.25) is 0 Å². The van der Waals surface area contributed by atoms with Crippen molar-refractivity contribution in [2.24, 2.45) is 5.92 Å². The Hall–Kier alpha value is -3.15. The summed E-state index contributed by atoms with van der Waals surface area (Å²) >= 11 is 0. The predicted molar refractivity (Wildman–Crippen MR) is 142 cm³/mol. The van der Waals surface area contributed by atoms with Gasteiger partial charge in [-0.1, -0.05) is 43.2 Å². The summed E-state index contributed by atoms with van der Waals surface area (Å²) in [6, 6.07) is 15.2. The van der Waals surface area contributed by atoms with Crippen LogP contribution in [0.5, 0.6) is 0 Å². The molecule has 1 saturated carbocycles. The number of aryl methyl sites for hydroxylation is 1. The van der Waals surface area contributed by atoms with Gasteiger partial charge in [0.1, 0.15) is 0 Å². The van der Waals surface area contributed by atoms with Crippen LogP contribution in [0.1, 0.15) is 64.7 Å². The van der Waals surface area contributed by atoms with Crippen LogP contribution in [0.4, 0.5) is 0 Å². The highest BCUT2D eigenvalue weighted by Gasteiger charge is 2.35. The highest BCUT2D eigenvalue weighted by Crippen LogP contribution is 2.48. The largest absolute Gasteiger partial charge is 0.396 e. The lowest BCUT2D eigenvalue weighted by Gasteiger charge is -2.13. The number of fused-ring (bicyclic) bond motifs is 10. The highest BCUT2D eigenvalue weighted by molar-refractivity contribution is 6.20. The fraction of sp³-hybridized carbons (Fsp3) is 0.387. The third-order valence-corrected chi connectivity index (χ3v) is 8.51. The van der Waals surface area contributed by atoms with Gasteiger partial charge in [-0.15, -0.1) is 0 Å². The molecule has 3 aliphatic rings. The molecule has 7 rings (SSSR count). The van der Waals surface area contributed by atoms with Crippen LogP contribution in [0.3, 0.4) is 0 Å². The van der Waals surface area contributed by atoms with Gasteiger partial charge >= 0.3 is 0 Å². The van der Waals surface area contributed by atoms with Crippen molar-refractivity contribution in [3.63, 3.8) is 0 Å². The molecule has 0 atom stereocenters. The second kappa shape index (κ2) is 8.75. The smallest absolute Gasteiger partial charge is 0.252 e. The van der Waals surface area contributed by atoms with Crippen molar-refractivity contribution in [3.8, 4) is 11.1 Å². The molecule has 5 nitrogen and oxygen atoms in total. The molecule has 0 radical (unpaired) electrons. The van der Waals surface area contributed by atoms with Crippen LogP contribution in [0, 0.1) is 5.92 Å². The Bertz CT molecular complexity index is 1510. The van der Waals surface area contributed by atoms with Gasteiger partial charge in [0.2, 0.25) is 0 Å². The predicted octanol–water partition coefficient (Wildman–Crippen LogP) is 5.70. The standard InChI is InChI=1S/C31H32N2O3/c34-13-5-12-33-26-11-10-20(18-36-17-19-6-1-2-7-19)14-23(26)28-25-16-32-31(35)29(25)27-22-9-4-3-8-21(22)15-24(27)30(28)33/h3-4,8-11,14,19,34H,1-2,5-7,12-13,15-18H2,(H,32,35). The third-order valence-electron chi connectivity index (χ3n) is 8.51. The third kappa shape index (κ3) is 3.33. The molecular formula is C31H32N2O3. The quantitative estimate of drug-likeness (QED) is 0.314. The van der Waals surface area contributed by atoms with Gasteiger partial charge in [0.15, 0.2) is 0 Å². The van der Waals surface area contributed by atoms with E-state index in [4.69, 9.17) is 4.74 Å². The maximum Gasteiger partial charge on any atom is 0.252 e. The lowest BCUT2D eigenvalue weighted by atomic mass is 9.92. The molecule has 2 aliphatic carbocycles. The van der Waals surface area contributed by atoms with Crippen LogP contribution in [0.15, 0.2) is 42.5 Å². The fourth-order valence-corrected chi connectivity index (χ4v) is 6.90. The molecule has 1 aliphatic heterocycles. The number of carbonyl (C=O) groups is 1. The van der Waals surface area contributed by atoms with E-state index in [1.165, 1.54) is 69.7 Å². The number of ether oxygens (including phenoxy) is 1. The molecule has 4 aromatic rings. The van der Waals surface area contributed by atoms with Crippen molar-refractivity contribution in [3.05, 3.63) is 70.3 Å². The molecule has 0 bridgehead atoms. The summed E-state index contributed by atoms with van der Waals surface area (Å²) in [5.74, 6) is 0.742. The van der Waals surface area contributed by atoms with E-state index >= 15 is 0 Å². The second-order valence-electron chi connectivity index (χ2n) is 10.7. The van der Waals surface area contributed by atoms with Gasteiger partial charge < -0.3 is 19.7 Å². The first-order valence-electron chi connectivity index (χ1n) is 13.4. The number of aliphatic hydroxyl groups is 1. The van der Waals surface area contributed by atoms with Crippen molar-refractivity contribution in [1.29, 1.82) is 0 Å². The Morgan fingerprint density at radius 2 is 1.92 bits per heavy atom. The number of carbonyl (C=O) groups excluding carboxylic acids is 1. The van der Waals surface area contributed by atoms with E-state index in [2.05, 4.69) is 52.3 Å². The van der Waals surface area contributed by atoms with E-state index in [-0.39, 0.29) is 12.5 Å². The number of hydrogen-bond donors (Lipinski definition) is 2. The number of nitrogens with one attached hydrogen (secondary N) is 1. The van der Waals surface area contributed by atoms with Crippen LogP contribution in [0.25, 0.3) is 32.9 Å². The molecule has 2 N–H and O–H groups in total. The summed E-state index contributed by atoms with van der Waals surface area (Å²) in [6.07, 6.45) is 6.77. The molecule has 0 unspecified atom stereocenters. The zero-order valence-electron chi connectivity index (χ0n) is 20.6. The number of benzene rings is 3. The van der Waals surface area contributed by atoms with E-state index in [0.717, 1.165) is 36.3 Å². The Morgan fingerprint density at radius 1 is 1.06 bits per heavy atom. The van der Waals surface area contributed by atoms with Gasteiger partial charge in [0.05, 0.1) is 17.7 Å². The average molecular weight is 481 g/mol. The molecule has 1 amide bonds. The molecule has 0 saturated heterocycles. The van der Waals surface area contributed by atoms with Gasteiger partial charge in [0, 0.05) is 54.6 Å². The van der Waals surface area contributed by atoms with Gasteiger partial charge in [-0.05, 0) is 65.1 Å². The lowest BCUT2D eigenvalue weighted by molar-refractivity contribution is 0.0889. The van der Waals surface area contributed by atoms with Crippen LogP contribution in [-0.4, -0.2) is 28.8 Å². The molecule has 184 valence electrons. The van der Waals surface area contributed by atoms with Gasteiger partial charge in [-0.2, -0.15) is 0 Å². The van der Waals surface area contributed by atoms with Crippen molar-refractivity contribution in [1.82, 2.24) is 9.88 Å². The van der Waals surface area contributed by atoms with Crippen LogP contribution >= 0.6 is 0 Å². The molecule has 3 aromatic carbocycles. The highest BCUT2D eigenvalue weighted by atomic mass is 16.5. The molecule has 36 heavy (non-hydrogen) atoms. The molecule has 1 fully saturated rings. The SMILES string of the molecule is O=C1NCc2c1c1c(c3c2c2cc(COCC4CCCC4)ccc2n3CCCO)Cc2ccccc2-1. The summed E-state index contributed by atoms with van der Waals surface area (Å²) in [5.41, 5.74) is 10.4. The average Bonchev–Trinajstić information content (AvgIpc) is 3.67. The Morgan fingerprint density at radius 3 is 2.78 bits per heavy atom. The number of amides is 1. The number of aromatic nitrogens is 1. The summed E-state index contributed by atoms with van der Waals surface area (Å²) in [6.45, 7) is 2.92. The van der Waals surface area contributed by atoms with E-state index < -0.39 is 0 Å². The van der Waals surface area contributed by atoms with E-state index in [1.807, 2.05) is 0 Å². The monoisotopic (exact) mass is 480 g/mol. The minimum atomic E-state index is 0.0344. The van der Waals surface area contributed by atoms with Crippen molar-refractivity contribution < 1.29 is 14.6 Å². The lowest BCUT2D eigenvalue weighted by Crippen LogP contribution is -2.13. The van der Waals surface area contributed by atoms with Crippen molar-refractivity contribution in [2.45, 2.75) is 58.2 Å². The summed E-state index contributed by atoms with van der Waals surface area (Å²) in [4.78, 5) is 13.2. The number of aliphatic hydroxyl groups excluding tert-OH is 1. The molecule has 1 aromatic heterocycles. The molecule has 2 heterocycles. The van der Waals surface area contributed by atoms with Crippen LogP contribution in [-0.2, 0) is 30.9 Å². The maximum atomic E-state index is 13.2. The first-order valence-corrected chi connectivity index (χ1v) is 13.4. The molecular weight excluding hydrogens is 448 g/mol. The van der Waals surface area contributed by atoms with E-state index in [1.54, 1.807) is 0 Å². The van der Waals surface area contributed by atoms with Gasteiger partial charge in [-0.25, -0.2) is 0 Å². The van der Waals surface area contributed by atoms with Crippen molar-refractivity contribution in [2.75, 3.05) is 13.2 Å². The first-order chi connectivity index (χ1) is 17.7. The van der Waals surface area contributed by atoms with Crippen molar-refractivity contribution >= 4 is 27.7 Å². The molecule has 5 heteroatoms. The van der Waals surface area contributed by atoms with E-state index in [9.17, 15) is 9.90 Å². The minimum absolute atomic E-state index is 0.0344. The number of rotatable bonds is 7. The fourth-order valence-electron chi connectivity index (χ4n) is 6.90. The normalized spacial score (nSPS) is 16.6. The van der Waals surface area contributed by atoms with Gasteiger partial charge in [0.25, 0.3) is 5.91 Å². The minimum Gasteiger partial charge on any atom is -0.396 e. The van der Waals surface area contributed by atoms with Crippen LogP contribution < -0.4 is 5.32 Å². The number of nitrogens with zero attached hydrogens (tertiary/aromatic N) is 1. The zero-order chi connectivity index (χ0) is 24.2. The second-order valence-corrected chi connectivity index (χ2v) is 10.7. The number of hydrogen-bond acceptors (Lipinski definition) is 3. The Labute approximate surface area is 211 Å².